The van der Waals surface area contributed by atoms with Crippen molar-refractivity contribution >= 4 is 21.8 Å². The number of pyridine rings is 1. The summed E-state index contributed by atoms with van der Waals surface area (Å²) in [6.07, 6.45) is 8.20. The van der Waals surface area contributed by atoms with E-state index in [2.05, 4.69) is 306 Å². The van der Waals surface area contributed by atoms with E-state index in [4.69, 9.17) is 9.72 Å². The van der Waals surface area contributed by atoms with Gasteiger partial charge in [-0.1, -0.05) is 207 Å². The fraction of sp³-hybridized carbons (Fsp3) is 0.296. The Kier molecular flexibility index (Phi) is 13.0. The van der Waals surface area contributed by atoms with Crippen LogP contribution in [0.2, 0.25) is 0 Å². The quantitative estimate of drug-likeness (QED) is 0.0956. The molecular formula is C71H76N4O. The number of hydrogen-bond acceptors (Lipinski definition) is 2. The lowest BCUT2D eigenvalue weighted by atomic mass is 9.73. The molecule has 7 aromatic carbocycles. The van der Waals surface area contributed by atoms with E-state index in [0.29, 0.717) is 0 Å². The van der Waals surface area contributed by atoms with Crippen molar-refractivity contribution < 1.29 is 9.30 Å². The van der Waals surface area contributed by atoms with Gasteiger partial charge >= 0.3 is 0 Å². The van der Waals surface area contributed by atoms with Gasteiger partial charge in [0, 0.05) is 45.5 Å². The van der Waals surface area contributed by atoms with Crippen molar-refractivity contribution in [2.45, 2.75) is 136 Å². The highest BCUT2D eigenvalue weighted by Crippen LogP contribution is 2.42. The second kappa shape index (κ2) is 19.0. The molecule has 386 valence electrons. The molecule has 76 heavy (non-hydrogen) atoms. The highest BCUT2D eigenvalue weighted by atomic mass is 16.5. The molecule has 3 heterocycles. The fourth-order valence-corrected chi connectivity index (χ4v) is 10.8. The third-order valence-electron chi connectivity index (χ3n) is 16.2. The number of fused-ring (bicyclic) bond motifs is 3. The van der Waals surface area contributed by atoms with Gasteiger partial charge in [-0.2, -0.15) is 0 Å². The Balaban J connectivity index is 1.16. The molecule has 0 amide bonds. The molecular weight excluding hydrogens is 925 g/mol. The van der Waals surface area contributed by atoms with Crippen LogP contribution >= 0.6 is 0 Å². The van der Waals surface area contributed by atoms with Crippen molar-refractivity contribution in [3.05, 3.63) is 245 Å². The predicted octanol–water partition coefficient (Wildman–Crippen LogP) is 17.7. The molecule has 0 aliphatic carbocycles. The Morgan fingerprint density at radius 2 is 0.947 bits per heavy atom. The lowest BCUT2D eigenvalue weighted by Crippen LogP contribution is -2.32. The van der Waals surface area contributed by atoms with E-state index in [1.54, 1.807) is 0 Å². The van der Waals surface area contributed by atoms with Crippen molar-refractivity contribution in [3.8, 4) is 28.7 Å². The van der Waals surface area contributed by atoms with E-state index in [1.165, 1.54) is 44.3 Å². The molecule has 0 spiro atoms. The Bertz CT molecular complexity index is 3670. The van der Waals surface area contributed by atoms with Gasteiger partial charge in [-0.15, -0.1) is 0 Å². The van der Waals surface area contributed by atoms with Gasteiger partial charge in [-0.25, -0.2) is 4.98 Å². The SMILES string of the molecule is CC(C)(C)c1cc(Oc2ccc3c4cc(C(C)(C)C)ccc4n(-c4cc(C(C)(C)C)ccn4)c3c2)cc(-n2[c-][n+](-c3cc(C(C)(C)c4ccccc4)cc(C(C)(C)c4ccccc4)c3)cc2C(C)(C)c2ccccc2)c1. The minimum Gasteiger partial charge on any atom is -0.458 e. The Morgan fingerprint density at radius 1 is 0.408 bits per heavy atom. The highest BCUT2D eigenvalue weighted by Gasteiger charge is 2.33. The lowest BCUT2D eigenvalue weighted by Gasteiger charge is -2.32. The van der Waals surface area contributed by atoms with E-state index in [-0.39, 0.29) is 27.1 Å². The molecule has 0 bridgehead atoms. The van der Waals surface area contributed by atoms with Crippen LogP contribution < -0.4 is 9.30 Å². The summed E-state index contributed by atoms with van der Waals surface area (Å²) in [7, 11) is 0. The zero-order chi connectivity index (χ0) is 54.2. The van der Waals surface area contributed by atoms with Crippen LogP contribution in [0.5, 0.6) is 11.5 Å². The van der Waals surface area contributed by atoms with E-state index in [9.17, 15) is 0 Å². The summed E-state index contributed by atoms with van der Waals surface area (Å²) in [6.45, 7) is 34.4. The molecule has 0 fully saturated rings. The molecule has 0 unspecified atom stereocenters. The van der Waals surface area contributed by atoms with E-state index in [0.717, 1.165) is 56.4 Å². The molecule has 0 aliphatic rings. The van der Waals surface area contributed by atoms with Crippen molar-refractivity contribution in [3.63, 3.8) is 0 Å². The minimum atomic E-state index is -0.432. The van der Waals surface area contributed by atoms with Crippen LogP contribution in [0.1, 0.15) is 154 Å². The van der Waals surface area contributed by atoms with Gasteiger partial charge in [0.2, 0.25) is 0 Å². The summed E-state index contributed by atoms with van der Waals surface area (Å²) in [5.74, 6) is 2.39. The van der Waals surface area contributed by atoms with Crippen LogP contribution in [0.25, 0.3) is 39.0 Å². The fourth-order valence-electron chi connectivity index (χ4n) is 10.8. The molecule has 3 aromatic heterocycles. The molecule has 5 nitrogen and oxygen atoms in total. The van der Waals surface area contributed by atoms with E-state index in [1.807, 2.05) is 6.20 Å². The molecule has 0 aliphatic heterocycles. The first-order chi connectivity index (χ1) is 35.8. The number of imidazole rings is 1. The second-order valence-corrected chi connectivity index (χ2v) is 25.8. The average molecular weight is 1000 g/mol. The van der Waals surface area contributed by atoms with Gasteiger partial charge in [-0.05, 0) is 127 Å². The Morgan fingerprint density at radius 3 is 1.50 bits per heavy atom. The maximum atomic E-state index is 7.15. The molecule has 10 rings (SSSR count). The van der Waals surface area contributed by atoms with E-state index >= 15 is 0 Å². The molecule has 0 atom stereocenters. The highest BCUT2D eigenvalue weighted by molar-refractivity contribution is 6.09. The summed E-state index contributed by atoms with van der Waals surface area (Å²) in [6, 6.07) is 64.3. The van der Waals surface area contributed by atoms with Gasteiger partial charge in [0.1, 0.15) is 17.3 Å². The predicted molar refractivity (Wildman–Crippen MR) is 317 cm³/mol. The van der Waals surface area contributed by atoms with Crippen LogP contribution in [0.3, 0.4) is 0 Å². The summed E-state index contributed by atoms with van der Waals surface area (Å²) in [5, 5.41) is 2.36. The first-order valence-corrected chi connectivity index (χ1v) is 27.1. The van der Waals surface area contributed by atoms with Crippen LogP contribution in [0.4, 0.5) is 0 Å². The molecule has 0 radical (unpaired) electrons. The van der Waals surface area contributed by atoms with Crippen LogP contribution in [0.15, 0.2) is 188 Å². The zero-order valence-corrected chi connectivity index (χ0v) is 47.6. The first kappa shape index (κ1) is 52.0. The number of nitrogens with zero attached hydrogens (tertiary/aromatic N) is 4. The third-order valence-corrected chi connectivity index (χ3v) is 16.2. The van der Waals surface area contributed by atoms with Crippen molar-refractivity contribution in [2.75, 3.05) is 0 Å². The number of ether oxygens (including phenoxy) is 1. The normalized spacial score (nSPS) is 12.9. The first-order valence-electron chi connectivity index (χ1n) is 27.1. The van der Waals surface area contributed by atoms with Crippen molar-refractivity contribution in [1.82, 2.24) is 14.1 Å². The second-order valence-electron chi connectivity index (χ2n) is 25.8. The third kappa shape index (κ3) is 9.81. The summed E-state index contributed by atoms with van der Waals surface area (Å²) < 4.78 is 14.0. The number of rotatable bonds is 11. The Labute approximate surface area is 452 Å². The molecule has 0 N–H and O–H groups in total. The average Bonchev–Trinajstić information content (AvgIpc) is 4.03. The molecule has 5 heteroatoms. The van der Waals surface area contributed by atoms with Gasteiger partial charge in [0.05, 0.1) is 28.1 Å². The van der Waals surface area contributed by atoms with Gasteiger partial charge in [0.15, 0.2) is 0 Å². The van der Waals surface area contributed by atoms with Crippen molar-refractivity contribution in [2.24, 2.45) is 0 Å². The lowest BCUT2D eigenvalue weighted by molar-refractivity contribution is -0.599. The molecule has 10 aromatic rings. The van der Waals surface area contributed by atoms with Gasteiger partial charge in [-0.3, -0.25) is 13.7 Å². The maximum absolute atomic E-state index is 7.15. The minimum absolute atomic E-state index is 0.00994. The number of benzene rings is 7. The Hall–Kier alpha value is -7.50. The monoisotopic (exact) mass is 1000 g/mol. The summed E-state index contributed by atoms with van der Waals surface area (Å²) in [5.41, 5.74) is 13.9. The van der Waals surface area contributed by atoms with Gasteiger partial charge < -0.3 is 4.74 Å². The number of hydrogen-bond donors (Lipinski definition) is 0. The summed E-state index contributed by atoms with van der Waals surface area (Å²) in [4.78, 5) is 5.01. The van der Waals surface area contributed by atoms with Crippen LogP contribution in [-0.4, -0.2) is 14.1 Å². The largest absolute Gasteiger partial charge is 0.458 e. The maximum Gasteiger partial charge on any atom is 0.269 e. The number of aromatic nitrogens is 4. The topological polar surface area (TPSA) is 35.9 Å². The molecule has 0 saturated heterocycles. The standard InChI is InChI=1S/C71H76N4O/c1-66(2,3)51-31-34-62-61(42-51)60-33-32-58(45-63(60)75(62)65-43-52(35-36-72-65)67(4,5)6)76-59-41-53(68(7,8)9)38-57(44-59)74-47-73(46-64(74)71(14,15)50-29-23-18-24-30-50)56-39-54(69(10,11)48-25-19-16-20-26-48)37-55(40-56)70(12,13)49-27-21-17-22-28-49/h16-46H,1-15H3. The zero-order valence-electron chi connectivity index (χ0n) is 47.6. The van der Waals surface area contributed by atoms with E-state index < -0.39 is 5.41 Å². The molecule has 0 saturated carbocycles. The van der Waals surface area contributed by atoms with Crippen molar-refractivity contribution in [1.29, 1.82) is 0 Å². The van der Waals surface area contributed by atoms with Crippen LogP contribution in [0, 0.1) is 6.33 Å². The van der Waals surface area contributed by atoms with Gasteiger partial charge in [0.25, 0.3) is 6.33 Å². The smallest absolute Gasteiger partial charge is 0.269 e. The summed E-state index contributed by atoms with van der Waals surface area (Å²) >= 11 is 0. The van der Waals surface area contributed by atoms with Crippen LogP contribution in [-0.2, 0) is 32.5 Å².